The number of urea groups is 1. The Morgan fingerprint density at radius 2 is 1.79 bits per heavy atom. The predicted molar refractivity (Wildman–Crippen MR) is 116 cm³/mol. The summed E-state index contributed by atoms with van der Waals surface area (Å²) in [4.78, 5) is 24.8. The number of aromatic nitrogens is 4. The van der Waals surface area contributed by atoms with Gasteiger partial charge in [0.25, 0.3) is 0 Å². The van der Waals surface area contributed by atoms with E-state index in [0.29, 0.717) is 34.6 Å². The van der Waals surface area contributed by atoms with E-state index in [-0.39, 0.29) is 5.75 Å². The maximum absolute atomic E-state index is 12.3. The molecule has 0 spiro atoms. The molecule has 0 aliphatic rings. The van der Waals surface area contributed by atoms with Crippen LogP contribution < -0.4 is 20.1 Å². The summed E-state index contributed by atoms with van der Waals surface area (Å²) >= 11 is 0. The number of carbonyl (C=O) groups excluding carboxylic acids is 1. The Labute approximate surface area is 187 Å². The van der Waals surface area contributed by atoms with Crippen LogP contribution >= 0.6 is 0 Å². The first-order valence-corrected chi connectivity index (χ1v) is 9.69. The number of anilines is 2. The number of carbonyl (C=O) groups is 1. The largest absolute Gasteiger partial charge is 0.439 e. The summed E-state index contributed by atoms with van der Waals surface area (Å²) in [6.07, 6.45) is 5.03. The number of imidazole rings is 1. The highest BCUT2D eigenvalue weighted by atomic mass is 19.3. The van der Waals surface area contributed by atoms with Crippen LogP contribution in [0.4, 0.5) is 25.0 Å². The fraction of sp³-hybridized carbons (Fsp3) is 0.0909. The maximum Gasteiger partial charge on any atom is 0.387 e. The zero-order chi connectivity index (χ0) is 23.2. The summed E-state index contributed by atoms with van der Waals surface area (Å²) in [6.45, 7) is -1.19. The SMILES string of the molecule is Cc1nc(Oc2ccc(NC(=O)Nc3cccc(OC(F)F)c3)cc2)cc(-n2ccnc2)n1. The van der Waals surface area contributed by atoms with Crippen LogP contribution in [0.15, 0.2) is 73.3 Å². The Balaban J connectivity index is 1.37. The summed E-state index contributed by atoms with van der Waals surface area (Å²) < 4.78 is 36.5. The number of nitrogens with zero attached hydrogens (tertiary/aromatic N) is 4. The molecule has 0 saturated heterocycles. The number of amides is 2. The van der Waals surface area contributed by atoms with Crippen molar-refractivity contribution in [3.63, 3.8) is 0 Å². The fourth-order valence-electron chi connectivity index (χ4n) is 2.87. The molecule has 168 valence electrons. The number of alkyl halides is 2. The van der Waals surface area contributed by atoms with Crippen molar-refractivity contribution in [2.75, 3.05) is 10.6 Å². The van der Waals surface area contributed by atoms with Gasteiger partial charge in [-0.05, 0) is 43.3 Å². The number of hydrogen-bond acceptors (Lipinski definition) is 6. The first-order chi connectivity index (χ1) is 15.9. The zero-order valence-corrected chi connectivity index (χ0v) is 17.3. The highest BCUT2D eigenvalue weighted by Gasteiger charge is 2.09. The molecule has 0 aliphatic heterocycles. The van der Waals surface area contributed by atoms with E-state index in [1.165, 1.54) is 18.2 Å². The molecule has 4 rings (SSSR count). The minimum atomic E-state index is -2.95. The van der Waals surface area contributed by atoms with Gasteiger partial charge >= 0.3 is 12.6 Å². The number of hydrogen-bond donors (Lipinski definition) is 2. The van der Waals surface area contributed by atoms with Crippen LogP contribution in [-0.4, -0.2) is 32.2 Å². The molecule has 33 heavy (non-hydrogen) atoms. The number of aryl methyl sites for hydroxylation is 1. The van der Waals surface area contributed by atoms with Crippen LogP contribution in [0.3, 0.4) is 0 Å². The Hall–Kier alpha value is -4.54. The molecule has 11 heteroatoms. The van der Waals surface area contributed by atoms with E-state index in [2.05, 4.69) is 30.3 Å². The van der Waals surface area contributed by atoms with Crippen molar-refractivity contribution < 1.29 is 23.0 Å². The molecule has 0 unspecified atom stereocenters. The summed E-state index contributed by atoms with van der Waals surface area (Å²) in [5, 5.41) is 5.20. The molecule has 0 fully saturated rings. The van der Waals surface area contributed by atoms with Crippen LogP contribution in [0.25, 0.3) is 5.82 Å². The third kappa shape index (κ3) is 6.00. The van der Waals surface area contributed by atoms with Crippen LogP contribution in [0.1, 0.15) is 5.82 Å². The van der Waals surface area contributed by atoms with Crippen molar-refractivity contribution in [1.29, 1.82) is 0 Å². The van der Waals surface area contributed by atoms with E-state index in [9.17, 15) is 13.6 Å². The number of halogens is 2. The van der Waals surface area contributed by atoms with E-state index in [4.69, 9.17) is 4.74 Å². The van der Waals surface area contributed by atoms with Crippen molar-refractivity contribution in [1.82, 2.24) is 19.5 Å². The van der Waals surface area contributed by atoms with Crippen LogP contribution in [-0.2, 0) is 0 Å². The molecule has 2 aromatic heterocycles. The van der Waals surface area contributed by atoms with E-state index in [0.717, 1.165) is 0 Å². The zero-order valence-electron chi connectivity index (χ0n) is 17.3. The molecular weight excluding hydrogens is 434 g/mol. The van der Waals surface area contributed by atoms with Gasteiger partial charge in [-0.3, -0.25) is 4.57 Å². The molecule has 2 N–H and O–H groups in total. The van der Waals surface area contributed by atoms with Gasteiger partial charge in [-0.25, -0.2) is 14.8 Å². The Bertz CT molecular complexity index is 1230. The Kier molecular flexibility index (Phi) is 6.39. The first kappa shape index (κ1) is 21.7. The molecule has 0 atom stereocenters. The molecule has 2 amide bonds. The number of ether oxygens (including phenoxy) is 2. The third-order valence-corrected chi connectivity index (χ3v) is 4.22. The fourth-order valence-corrected chi connectivity index (χ4v) is 2.87. The Morgan fingerprint density at radius 1 is 1.00 bits per heavy atom. The Morgan fingerprint density at radius 3 is 2.52 bits per heavy atom. The third-order valence-electron chi connectivity index (χ3n) is 4.22. The standard InChI is InChI=1S/C22H18F2N6O3/c1-14-26-19(30-10-9-25-13-30)12-20(27-14)32-17-7-5-15(6-8-17)28-22(31)29-16-3-2-4-18(11-16)33-21(23)24/h2-13,21H,1H3,(H2,28,29,31). The lowest BCUT2D eigenvalue weighted by atomic mass is 10.3. The van der Waals surface area contributed by atoms with Crippen molar-refractivity contribution in [3.05, 3.63) is 79.1 Å². The quantitative estimate of drug-likeness (QED) is 0.409. The predicted octanol–water partition coefficient (Wildman–Crippen LogP) is 5.01. The normalized spacial score (nSPS) is 10.7. The molecule has 0 radical (unpaired) electrons. The monoisotopic (exact) mass is 452 g/mol. The highest BCUT2D eigenvalue weighted by Crippen LogP contribution is 2.24. The molecule has 0 saturated carbocycles. The molecule has 0 aliphatic carbocycles. The van der Waals surface area contributed by atoms with E-state index < -0.39 is 12.6 Å². The summed E-state index contributed by atoms with van der Waals surface area (Å²) in [5.41, 5.74) is 0.802. The van der Waals surface area contributed by atoms with Crippen molar-refractivity contribution >= 4 is 17.4 Å². The van der Waals surface area contributed by atoms with E-state index >= 15 is 0 Å². The van der Waals surface area contributed by atoms with Crippen LogP contribution in [0, 0.1) is 6.92 Å². The molecule has 9 nitrogen and oxygen atoms in total. The lowest BCUT2D eigenvalue weighted by Crippen LogP contribution is -2.19. The van der Waals surface area contributed by atoms with Crippen molar-refractivity contribution in [2.45, 2.75) is 13.5 Å². The average Bonchev–Trinajstić information content (AvgIpc) is 3.29. The average molecular weight is 452 g/mol. The highest BCUT2D eigenvalue weighted by molar-refractivity contribution is 5.99. The second-order valence-electron chi connectivity index (χ2n) is 6.69. The van der Waals surface area contributed by atoms with Crippen molar-refractivity contribution in [3.8, 4) is 23.2 Å². The maximum atomic E-state index is 12.3. The van der Waals surface area contributed by atoms with Crippen LogP contribution in [0.5, 0.6) is 17.4 Å². The van der Waals surface area contributed by atoms with Gasteiger partial charge < -0.3 is 20.1 Å². The van der Waals surface area contributed by atoms with E-state index in [1.807, 2.05) is 0 Å². The van der Waals surface area contributed by atoms with Crippen LogP contribution in [0.2, 0.25) is 0 Å². The van der Waals surface area contributed by atoms with Gasteiger partial charge in [0.2, 0.25) is 5.88 Å². The molecule has 2 heterocycles. The van der Waals surface area contributed by atoms with Gasteiger partial charge in [-0.2, -0.15) is 13.8 Å². The smallest absolute Gasteiger partial charge is 0.387 e. The van der Waals surface area contributed by atoms with Gasteiger partial charge in [-0.15, -0.1) is 0 Å². The van der Waals surface area contributed by atoms with Gasteiger partial charge in [-0.1, -0.05) is 6.07 Å². The molecule has 4 aromatic rings. The van der Waals surface area contributed by atoms with Gasteiger partial charge in [0.15, 0.2) is 0 Å². The second-order valence-corrected chi connectivity index (χ2v) is 6.69. The topological polar surface area (TPSA) is 103 Å². The summed E-state index contributed by atoms with van der Waals surface area (Å²) in [6, 6.07) is 13.5. The minimum Gasteiger partial charge on any atom is -0.439 e. The first-order valence-electron chi connectivity index (χ1n) is 9.69. The molecule has 2 aromatic carbocycles. The van der Waals surface area contributed by atoms with Gasteiger partial charge in [0.1, 0.15) is 29.5 Å². The lowest BCUT2D eigenvalue weighted by molar-refractivity contribution is -0.0498. The van der Waals surface area contributed by atoms with Crippen molar-refractivity contribution in [2.24, 2.45) is 0 Å². The van der Waals surface area contributed by atoms with Gasteiger partial charge in [0.05, 0.1) is 0 Å². The number of benzene rings is 2. The number of rotatable bonds is 7. The second kappa shape index (κ2) is 9.73. The minimum absolute atomic E-state index is 0.0551. The molecule has 0 bridgehead atoms. The summed E-state index contributed by atoms with van der Waals surface area (Å²) in [7, 11) is 0. The lowest BCUT2D eigenvalue weighted by Gasteiger charge is -2.11. The van der Waals surface area contributed by atoms with Gasteiger partial charge in [0, 0.05) is 35.9 Å². The van der Waals surface area contributed by atoms with E-state index in [1.54, 1.807) is 66.6 Å². The molecular formula is C22H18F2N6O3. The number of nitrogens with one attached hydrogen (secondary N) is 2. The summed E-state index contributed by atoms with van der Waals surface area (Å²) in [5.74, 6) is 1.96.